The Morgan fingerprint density at radius 3 is 2.32 bits per heavy atom. The van der Waals surface area contributed by atoms with Crippen molar-refractivity contribution in [3.05, 3.63) is 79.5 Å². The Morgan fingerprint density at radius 1 is 1.10 bits per heavy atom. The van der Waals surface area contributed by atoms with Crippen LogP contribution < -0.4 is 5.56 Å². The molecular formula is C24H27N3O4. The number of aryl methyl sites for hydroxylation is 2. The Hall–Kier alpha value is -3.19. The summed E-state index contributed by atoms with van der Waals surface area (Å²) in [4.78, 5) is 25.9. The molecule has 1 aromatic heterocycles. The molecule has 0 aliphatic heterocycles. The molecule has 1 aliphatic rings. The lowest BCUT2D eigenvalue weighted by Gasteiger charge is -2.25. The number of nitrogens with one attached hydrogen (secondary N) is 1. The standard InChI is InChI=1S/C24H27N3O4/c1-3-14-9-16-11-18(12-17(16)10-15(14)4-2)27(26-31)13-22(29)19-5-7-21(28)24-20(19)6-8-23(30)25-24/h5-10,18,22,28-29H,3-4,11-13H2,1-2H3,(H,25,30)/t22-/m0/s1. The minimum Gasteiger partial charge on any atom is -0.506 e. The van der Waals surface area contributed by atoms with Crippen molar-refractivity contribution in [1.29, 1.82) is 0 Å². The molecule has 1 atom stereocenters. The summed E-state index contributed by atoms with van der Waals surface area (Å²) in [6.45, 7) is 4.33. The molecule has 162 valence electrons. The maximum Gasteiger partial charge on any atom is 0.248 e. The molecule has 0 bridgehead atoms. The Morgan fingerprint density at radius 2 is 1.74 bits per heavy atom. The van der Waals surface area contributed by atoms with Crippen LogP contribution in [0.2, 0.25) is 0 Å². The second kappa shape index (κ2) is 8.51. The molecule has 0 unspecified atom stereocenters. The zero-order chi connectivity index (χ0) is 22.1. The number of rotatable bonds is 7. The quantitative estimate of drug-likeness (QED) is 0.400. The molecule has 0 spiro atoms. The number of benzene rings is 2. The minimum absolute atomic E-state index is 0.0302. The summed E-state index contributed by atoms with van der Waals surface area (Å²) in [5.41, 5.74) is 5.63. The lowest BCUT2D eigenvalue weighted by molar-refractivity contribution is 0.0905. The van der Waals surface area contributed by atoms with Gasteiger partial charge in [0, 0.05) is 11.5 Å². The second-order valence-electron chi connectivity index (χ2n) is 8.16. The molecule has 0 saturated heterocycles. The first-order valence-corrected chi connectivity index (χ1v) is 10.7. The number of fused-ring (bicyclic) bond motifs is 2. The van der Waals surface area contributed by atoms with Gasteiger partial charge in [-0.3, -0.25) is 9.80 Å². The molecule has 0 fully saturated rings. The molecule has 0 saturated carbocycles. The summed E-state index contributed by atoms with van der Waals surface area (Å²) < 4.78 is 0. The number of aliphatic hydroxyl groups excluding tert-OH is 1. The first-order valence-electron chi connectivity index (χ1n) is 10.7. The highest BCUT2D eigenvalue weighted by atomic mass is 16.3. The van der Waals surface area contributed by atoms with Crippen LogP contribution >= 0.6 is 0 Å². The van der Waals surface area contributed by atoms with Crippen molar-refractivity contribution >= 4 is 10.9 Å². The normalized spacial score (nSPS) is 14.5. The molecule has 7 nitrogen and oxygen atoms in total. The third-order valence-electron chi connectivity index (χ3n) is 6.35. The number of aromatic nitrogens is 1. The molecule has 1 aliphatic carbocycles. The smallest absolute Gasteiger partial charge is 0.248 e. The largest absolute Gasteiger partial charge is 0.506 e. The summed E-state index contributed by atoms with van der Waals surface area (Å²) in [6.07, 6.45) is 2.38. The van der Waals surface area contributed by atoms with Gasteiger partial charge in [-0.2, -0.15) is 0 Å². The van der Waals surface area contributed by atoms with E-state index >= 15 is 0 Å². The van der Waals surface area contributed by atoms with E-state index in [-0.39, 0.29) is 29.4 Å². The number of hydrogen-bond acceptors (Lipinski definition) is 5. The third-order valence-corrected chi connectivity index (χ3v) is 6.35. The number of hydrogen-bond donors (Lipinski definition) is 3. The van der Waals surface area contributed by atoms with Gasteiger partial charge in [0.2, 0.25) is 5.56 Å². The SMILES string of the molecule is CCc1cc2c(cc1CC)CC(N(C[C@H](O)c1ccc(O)c3[nH]c(=O)ccc13)N=O)C2. The van der Waals surface area contributed by atoms with Crippen molar-refractivity contribution in [2.45, 2.75) is 51.7 Å². The van der Waals surface area contributed by atoms with Gasteiger partial charge in [0.25, 0.3) is 0 Å². The topological polar surface area (TPSA) is 106 Å². The maximum atomic E-state index is 11.7. The van der Waals surface area contributed by atoms with Gasteiger partial charge in [0.1, 0.15) is 5.75 Å². The number of phenolic OH excluding ortho intramolecular Hbond substituents is 1. The van der Waals surface area contributed by atoms with Crippen LogP contribution in [0.4, 0.5) is 0 Å². The van der Waals surface area contributed by atoms with Crippen molar-refractivity contribution in [3.63, 3.8) is 0 Å². The van der Waals surface area contributed by atoms with E-state index in [1.165, 1.54) is 39.4 Å². The summed E-state index contributed by atoms with van der Waals surface area (Å²) in [5.74, 6) is -0.0706. The van der Waals surface area contributed by atoms with Crippen LogP contribution in [0.5, 0.6) is 5.75 Å². The van der Waals surface area contributed by atoms with Gasteiger partial charge in [-0.05, 0) is 65.6 Å². The monoisotopic (exact) mass is 421 g/mol. The molecule has 0 amide bonds. The number of aromatic amines is 1. The lowest BCUT2D eigenvalue weighted by atomic mass is 9.97. The van der Waals surface area contributed by atoms with Crippen LogP contribution in [-0.4, -0.2) is 32.8 Å². The highest BCUT2D eigenvalue weighted by Crippen LogP contribution is 2.32. The van der Waals surface area contributed by atoms with Crippen LogP contribution in [0.15, 0.2) is 46.5 Å². The molecule has 0 radical (unpaired) electrons. The lowest BCUT2D eigenvalue weighted by Crippen LogP contribution is -2.34. The Balaban J connectivity index is 1.57. The highest BCUT2D eigenvalue weighted by Gasteiger charge is 2.30. The van der Waals surface area contributed by atoms with Crippen molar-refractivity contribution in [3.8, 4) is 5.75 Å². The Labute approximate surface area is 180 Å². The molecule has 3 aromatic rings. The fourth-order valence-electron chi connectivity index (χ4n) is 4.69. The van der Waals surface area contributed by atoms with Crippen LogP contribution in [0, 0.1) is 4.91 Å². The zero-order valence-electron chi connectivity index (χ0n) is 17.8. The average molecular weight is 421 g/mol. The van der Waals surface area contributed by atoms with Crippen LogP contribution in [0.25, 0.3) is 10.9 Å². The summed E-state index contributed by atoms with van der Waals surface area (Å²) >= 11 is 0. The van der Waals surface area contributed by atoms with Crippen LogP contribution in [0.1, 0.15) is 47.8 Å². The first kappa shape index (κ1) is 21.1. The summed E-state index contributed by atoms with van der Waals surface area (Å²) in [6, 6.07) is 10.3. The zero-order valence-corrected chi connectivity index (χ0v) is 17.8. The number of H-pyrrole nitrogens is 1. The van der Waals surface area contributed by atoms with Gasteiger partial charge in [0.15, 0.2) is 0 Å². The molecule has 2 aromatic carbocycles. The molecular weight excluding hydrogens is 394 g/mol. The number of aliphatic hydroxyl groups is 1. The van der Waals surface area contributed by atoms with E-state index in [1.807, 2.05) is 0 Å². The van der Waals surface area contributed by atoms with Crippen molar-refractivity contribution in [1.82, 2.24) is 9.99 Å². The number of pyridine rings is 1. The maximum absolute atomic E-state index is 11.7. The fraction of sp³-hybridized carbons (Fsp3) is 0.375. The van der Waals surface area contributed by atoms with E-state index in [0.717, 1.165) is 12.8 Å². The van der Waals surface area contributed by atoms with E-state index in [4.69, 9.17) is 0 Å². The number of nitrogens with zero attached hydrogens (tertiary/aromatic N) is 2. The average Bonchev–Trinajstić information content (AvgIpc) is 3.19. The van der Waals surface area contributed by atoms with Crippen molar-refractivity contribution in [2.24, 2.45) is 5.29 Å². The fourth-order valence-corrected chi connectivity index (χ4v) is 4.69. The van der Waals surface area contributed by atoms with Gasteiger partial charge < -0.3 is 15.2 Å². The van der Waals surface area contributed by atoms with Crippen molar-refractivity contribution < 1.29 is 10.2 Å². The second-order valence-corrected chi connectivity index (χ2v) is 8.16. The molecule has 31 heavy (non-hydrogen) atoms. The predicted octanol–water partition coefficient (Wildman–Crippen LogP) is 3.54. The van der Waals surface area contributed by atoms with Gasteiger partial charge in [-0.25, -0.2) is 0 Å². The predicted molar refractivity (Wildman–Crippen MR) is 120 cm³/mol. The molecule has 7 heteroatoms. The van der Waals surface area contributed by atoms with E-state index in [9.17, 15) is 19.9 Å². The van der Waals surface area contributed by atoms with E-state index in [1.54, 1.807) is 12.1 Å². The summed E-state index contributed by atoms with van der Waals surface area (Å²) in [5, 5.41) is 26.2. The number of phenols is 1. The third kappa shape index (κ3) is 3.93. The van der Waals surface area contributed by atoms with E-state index in [2.05, 4.69) is 36.3 Å². The number of aromatic hydroxyl groups is 1. The molecule has 4 rings (SSSR count). The Bertz CT molecular complexity index is 1150. The Kier molecular flexibility index (Phi) is 5.78. The summed E-state index contributed by atoms with van der Waals surface area (Å²) in [7, 11) is 0. The van der Waals surface area contributed by atoms with Crippen LogP contribution in [-0.2, 0) is 25.7 Å². The van der Waals surface area contributed by atoms with E-state index in [0.29, 0.717) is 23.8 Å². The molecule has 3 N–H and O–H groups in total. The van der Waals surface area contributed by atoms with Crippen molar-refractivity contribution in [2.75, 3.05) is 6.54 Å². The van der Waals surface area contributed by atoms with Gasteiger partial charge in [-0.15, -0.1) is 4.91 Å². The number of nitroso groups, excluding NO2 is 1. The minimum atomic E-state index is -1.01. The highest BCUT2D eigenvalue weighted by molar-refractivity contribution is 5.87. The van der Waals surface area contributed by atoms with Crippen LogP contribution in [0.3, 0.4) is 0 Å². The van der Waals surface area contributed by atoms with Gasteiger partial charge in [0.05, 0.1) is 29.5 Å². The van der Waals surface area contributed by atoms with Gasteiger partial charge >= 0.3 is 0 Å². The molecule has 1 heterocycles. The van der Waals surface area contributed by atoms with E-state index < -0.39 is 6.10 Å². The van der Waals surface area contributed by atoms with Gasteiger partial charge in [-0.1, -0.05) is 32.0 Å². The first-order chi connectivity index (χ1) is 14.9.